The van der Waals surface area contributed by atoms with Crippen LogP contribution in [0.15, 0.2) is 30.3 Å². The highest BCUT2D eigenvalue weighted by Crippen LogP contribution is 2.10. The van der Waals surface area contributed by atoms with Gasteiger partial charge in [-0.15, -0.1) is 0 Å². The Hall–Kier alpha value is -0.510. The predicted molar refractivity (Wildman–Crippen MR) is 71.9 cm³/mol. The van der Waals surface area contributed by atoms with Crippen LogP contribution in [-0.4, -0.2) is 32.1 Å². The van der Waals surface area contributed by atoms with Gasteiger partial charge in [0.15, 0.2) is 0 Å². The fraction of sp³-hybridized carbons (Fsp3) is 0.538. The second-order valence-corrected chi connectivity index (χ2v) is 4.95. The third-order valence-electron chi connectivity index (χ3n) is 2.27. The molecule has 0 aromatic heterocycles. The number of hydrogen-bond acceptors (Lipinski definition) is 3. The summed E-state index contributed by atoms with van der Waals surface area (Å²) in [5.74, 6) is 2.24. The molecule has 1 aromatic rings. The summed E-state index contributed by atoms with van der Waals surface area (Å²) in [6.45, 7) is 3.97. The molecule has 0 bridgehead atoms. The van der Waals surface area contributed by atoms with Crippen molar-refractivity contribution in [2.45, 2.75) is 18.7 Å². The number of rotatable bonds is 8. The molecular weight excluding hydrogens is 218 g/mol. The van der Waals surface area contributed by atoms with Crippen LogP contribution in [0.2, 0.25) is 0 Å². The van der Waals surface area contributed by atoms with Crippen molar-refractivity contribution in [1.82, 2.24) is 5.32 Å². The van der Waals surface area contributed by atoms with Gasteiger partial charge >= 0.3 is 0 Å². The number of benzene rings is 1. The summed E-state index contributed by atoms with van der Waals surface area (Å²) in [6, 6.07) is 11.0. The Morgan fingerprint density at radius 2 is 2.06 bits per heavy atom. The van der Waals surface area contributed by atoms with Crippen molar-refractivity contribution in [3.8, 4) is 0 Å². The molecule has 0 aliphatic carbocycles. The lowest BCUT2D eigenvalue weighted by Gasteiger charge is -2.12. The number of hydrogen-bond donors (Lipinski definition) is 1. The third-order valence-corrected chi connectivity index (χ3v) is 3.30. The maximum absolute atomic E-state index is 5.06. The Morgan fingerprint density at radius 1 is 1.31 bits per heavy atom. The van der Waals surface area contributed by atoms with E-state index in [-0.39, 0.29) is 0 Å². The molecule has 16 heavy (non-hydrogen) atoms. The van der Waals surface area contributed by atoms with Gasteiger partial charge in [-0.3, -0.25) is 0 Å². The molecule has 1 unspecified atom stereocenters. The maximum atomic E-state index is 5.06. The lowest BCUT2D eigenvalue weighted by atomic mass is 10.2. The first kappa shape index (κ1) is 13.6. The van der Waals surface area contributed by atoms with E-state index in [9.17, 15) is 0 Å². The van der Waals surface area contributed by atoms with Gasteiger partial charge in [-0.2, -0.15) is 11.8 Å². The second kappa shape index (κ2) is 8.62. The highest BCUT2D eigenvalue weighted by molar-refractivity contribution is 7.98. The molecule has 1 rings (SSSR count). The summed E-state index contributed by atoms with van der Waals surface area (Å²) in [7, 11) is 1.74. The van der Waals surface area contributed by atoms with Gasteiger partial charge in [-0.05, 0) is 12.5 Å². The molecule has 0 spiro atoms. The topological polar surface area (TPSA) is 21.3 Å². The van der Waals surface area contributed by atoms with E-state index < -0.39 is 0 Å². The summed E-state index contributed by atoms with van der Waals surface area (Å²) < 4.78 is 5.06. The lowest BCUT2D eigenvalue weighted by molar-refractivity contribution is 0.173. The Bertz CT molecular complexity index is 266. The van der Waals surface area contributed by atoms with E-state index in [1.165, 1.54) is 5.56 Å². The molecule has 0 radical (unpaired) electrons. The number of thioether (sulfide) groups is 1. The van der Waals surface area contributed by atoms with Crippen LogP contribution in [0.4, 0.5) is 0 Å². The van der Waals surface area contributed by atoms with Gasteiger partial charge in [0.05, 0.1) is 6.61 Å². The van der Waals surface area contributed by atoms with Crippen LogP contribution >= 0.6 is 11.8 Å². The van der Waals surface area contributed by atoms with Crippen LogP contribution in [0.25, 0.3) is 0 Å². The van der Waals surface area contributed by atoms with Crippen molar-refractivity contribution in [2.24, 2.45) is 0 Å². The fourth-order valence-electron chi connectivity index (χ4n) is 1.45. The van der Waals surface area contributed by atoms with E-state index in [1.807, 2.05) is 11.8 Å². The van der Waals surface area contributed by atoms with Crippen LogP contribution in [0, 0.1) is 0 Å². The van der Waals surface area contributed by atoms with E-state index in [2.05, 4.69) is 42.6 Å². The Morgan fingerprint density at radius 3 is 2.75 bits per heavy atom. The van der Waals surface area contributed by atoms with E-state index in [4.69, 9.17) is 4.74 Å². The molecular formula is C13H21NOS. The van der Waals surface area contributed by atoms with Crippen LogP contribution in [0.3, 0.4) is 0 Å². The average Bonchev–Trinajstić information content (AvgIpc) is 2.30. The van der Waals surface area contributed by atoms with Crippen molar-refractivity contribution >= 4 is 11.8 Å². The van der Waals surface area contributed by atoms with Crippen molar-refractivity contribution in [2.75, 3.05) is 26.0 Å². The third kappa shape index (κ3) is 6.16. The number of nitrogens with one attached hydrogen (secondary N) is 1. The first-order chi connectivity index (χ1) is 7.83. The minimum Gasteiger partial charge on any atom is -0.383 e. The zero-order valence-electron chi connectivity index (χ0n) is 10.1. The van der Waals surface area contributed by atoms with E-state index in [0.717, 1.165) is 24.7 Å². The van der Waals surface area contributed by atoms with E-state index in [0.29, 0.717) is 6.04 Å². The van der Waals surface area contributed by atoms with Crippen LogP contribution in [0.5, 0.6) is 0 Å². The smallest absolute Gasteiger partial charge is 0.0613 e. The zero-order valence-corrected chi connectivity index (χ0v) is 10.9. The molecule has 1 N–H and O–H groups in total. The number of ether oxygens (including phenoxy) is 1. The normalized spacial score (nSPS) is 12.6. The molecule has 2 nitrogen and oxygen atoms in total. The largest absolute Gasteiger partial charge is 0.383 e. The maximum Gasteiger partial charge on any atom is 0.0613 e. The summed E-state index contributed by atoms with van der Waals surface area (Å²) in [6.07, 6.45) is 0. The molecule has 1 aromatic carbocycles. The van der Waals surface area contributed by atoms with Crippen LogP contribution < -0.4 is 5.32 Å². The highest BCUT2D eigenvalue weighted by atomic mass is 32.2. The van der Waals surface area contributed by atoms with Crippen molar-refractivity contribution < 1.29 is 4.74 Å². The first-order valence-electron chi connectivity index (χ1n) is 5.67. The summed E-state index contributed by atoms with van der Waals surface area (Å²) in [5.41, 5.74) is 1.40. The Labute approximate surface area is 103 Å². The van der Waals surface area contributed by atoms with Crippen molar-refractivity contribution in [1.29, 1.82) is 0 Å². The van der Waals surface area contributed by atoms with E-state index >= 15 is 0 Å². The quantitative estimate of drug-likeness (QED) is 0.704. The highest BCUT2D eigenvalue weighted by Gasteiger charge is 1.98. The van der Waals surface area contributed by atoms with Gasteiger partial charge in [0.25, 0.3) is 0 Å². The van der Waals surface area contributed by atoms with Gasteiger partial charge in [-0.1, -0.05) is 30.3 Å². The standard InChI is InChI=1S/C13H21NOS/c1-12(10-15-2)14-8-9-16-11-13-6-4-3-5-7-13/h3-7,12,14H,8-11H2,1-2H3. The van der Waals surface area contributed by atoms with Gasteiger partial charge in [0.2, 0.25) is 0 Å². The number of methoxy groups -OCH3 is 1. The average molecular weight is 239 g/mol. The summed E-state index contributed by atoms with van der Waals surface area (Å²) in [4.78, 5) is 0. The molecule has 0 saturated heterocycles. The fourth-order valence-corrected chi connectivity index (χ4v) is 2.29. The molecule has 0 amide bonds. The van der Waals surface area contributed by atoms with Crippen molar-refractivity contribution in [3.63, 3.8) is 0 Å². The van der Waals surface area contributed by atoms with Crippen molar-refractivity contribution in [3.05, 3.63) is 35.9 Å². The Balaban J connectivity index is 2.00. The SMILES string of the molecule is COCC(C)NCCSCc1ccccc1. The van der Waals surface area contributed by atoms with Gasteiger partial charge in [0.1, 0.15) is 0 Å². The van der Waals surface area contributed by atoms with Gasteiger partial charge < -0.3 is 10.1 Å². The molecule has 0 saturated carbocycles. The molecule has 0 aliphatic heterocycles. The first-order valence-corrected chi connectivity index (χ1v) is 6.82. The molecule has 0 heterocycles. The molecule has 90 valence electrons. The van der Waals surface area contributed by atoms with Gasteiger partial charge in [0, 0.05) is 31.2 Å². The molecule has 1 atom stereocenters. The van der Waals surface area contributed by atoms with Gasteiger partial charge in [-0.25, -0.2) is 0 Å². The minimum atomic E-state index is 0.447. The second-order valence-electron chi connectivity index (χ2n) is 3.85. The molecule has 3 heteroatoms. The lowest BCUT2D eigenvalue weighted by Crippen LogP contribution is -2.31. The minimum absolute atomic E-state index is 0.447. The summed E-state index contributed by atoms with van der Waals surface area (Å²) >= 11 is 1.96. The predicted octanol–water partition coefficient (Wildman–Crippen LogP) is 2.54. The monoisotopic (exact) mass is 239 g/mol. The Kier molecular flexibility index (Phi) is 7.30. The summed E-state index contributed by atoms with van der Waals surface area (Å²) in [5, 5.41) is 3.42. The molecule has 0 aliphatic rings. The zero-order chi connectivity index (χ0) is 11.6. The van der Waals surface area contributed by atoms with Crippen LogP contribution in [0.1, 0.15) is 12.5 Å². The van der Waals surface area contributed by atoms with Crippen LogP contribution in [-0.2, 0) is 10.5 Å². The van der Waals surface area contributed by atoms with E-state index in [1.54, 1.807) is 7.11 Å². The molecule has 0 fully saturated rings.